The first-order valence-electron chi connectivity index (χ1n) is 6.32. The van der Waals surface area contributed by atoms with Crippen LogP contribution in [-0.4, -0.2) is 25.7 Å². The van der Waals surface area contributed by atoms with Crippen LogP contribution in [0.1, 0.15) is 35.5 Å². The Bertz CT molecular complexity index is 533. The Morgan fingerprint density at radius 1 is 1.68 bits per heavy atom. The molecule has 5 nitrogen and oxygen atoms in total. The molecule has 102 valence electrons. The number of nitrogens with two attached hydrogens (primary N) is 1. The fourth-order valence-corrected chi connectivity index (χ4v) is 3.33. The van der Waals surface area contributed by atoms with Crippen molar-refractivity contribution in [3.05, 3.63) is 10.4 Å². The van der Waals surface area contributed by atoms with Crippen LogP contribution >= 0.6 is 11.3 Å². The summed E-state index contributed by atoms with van der Waals surface area (Å²) in [6, 6.07) is 2.11. The standard InChI is InChI=1S/C13H17N3O2S/c1-3-18-13(17)11-10(15)9(6-14)12(19-11)16-5-4-8(2)7-16/h8H,3-5,7,15H2,1-2H3. The smallest absolute Gasteiger partial charge is 0.350 e. The van der Waals surface area contributed by atoms with Crippen LogP contribution in [0.25, 0.3) is 0 Å². The monoisotopic (exact) mass is 279 g/mol. The highest BCUT2D eigenvalue weighted by atomic mass is 32.1. The van der Waals surface area contributed by atoms with Crippen LogP contribution in [0, 0.1) is 17.2 Å². The SMILES string of the molecule is CCOC(=O)c1sc(N2CCC(C)C2)c(C#N)c1N. The molecule has 0 aromatic carbocycles. The molecule has 2 heterocycles. The van der Waals surface area contributed by atoms with Crippen LogP contribution in [0.5, 0.6) is 0 Å². The van der Waals surface area contributed by atoms with Gasteiger partial charge >= 0.3 is 5.97 Å². The quantitative estimate of drug-likeness (QED) is 0.858. The van der Waals surface area contributed by atoms with Gasteiger partial charge in [0.1, 0.15) is 21.5 Å². The number of nitrogens with zero attached hydrogens (tertiary/aromatic N) is 2. The molecule has 1 atom stereocenters. The molecule has 1 aliphatic heterocycles. The molecule has 1 aromatic heterocycles. The average Bonchev–Trinajstić information content (AvgIpc) is 2.93. The number of anilines is 2. The zero-order valence-corrected chi connectivity index (χ0v) is 11.9. The molecule has 1 fully saturated rings. The average molecular weight is 279 g/mol. The molecule has 6 heteroatoms. The van der Waals surface area contributed by atoms with E-state index in [1.807, 2.05) is 0 Å². The van der Waals surface area contributed by atoms with E-state index in [4.69, 9.17) is 10.5 Å². The summed E-state index contributed by atoms with van der Waals surface area (Å²) in [6.45, 7) is 6.02. The van der Waals surface area contributed by atoms with Gasteiger partial charge in [-0.25, -0.2) is 4.79 Å². The van der Waals surface area contributed by atoms with Crippen molar-refractivity contribution < 1.29 is 9.53 Å². The second-order valence-corrected chi connectivity index (χ2v) is 5.70. The number of nitrogen functional groups attached to an aromatic ring is 1. The maximum absolute atomic E-state index is 11.8. The minimum Gasteiger partial charge on any atom is -0.462 e. The Hall–Kier alpha value is -1.74. The molecule has 1 unspecified atom stereocenters. The van der Waals surface area contributed by atoms with Gasteiger partial charge < -0.3 is 15.4 Å². The molecular formula is C13H17N3O2S. The third kappa shape index (κ3) is 2.51. The van der Waals surface area contributed by atoms with Gasteiger partial charge in [0.25, 0.3) is 0 Å². The maximum atomic E-state index is 11.8. The first-order chi connectivity index (χ1) is 9.08. The van der Waals surface area contributed by atoms with Gasteiger partial charge in [0.2, 0.25) is 0 Å². The van der Waals surface area contributed by atoms with Gasteiger partial charge in [0, 0.05) is 13.1 Å². The molecular weight excluding hydrogens is 262 g/mol. The Balaban J connectivity index is 2.37. The molecule has 0 spiro atoms. The van der Waals surface area contributed by atoms with Crippen LogP contribution < -0.4 is 10.6 Å². The fourth-order valence-electron chi connectivity index (χ4n) is 2.23. The third-order valence-corrected chi connectivity index (χ3v) is 4.46. The van der Waals surface area contributed by atoms with E-state index >= 15 is 0 Å². The summed E-state index contributed by atoms with van der Waals surface area (Å²) in [6.07, 6.45) is 1.09. The number of hydrogen-bond acceptors (Lipinski definition) is 6. The molecule has 2 rings (SSSR count). The second-order valence-electron chi connectivity index (χ2n) is 4.70. The predicted octanol–water partition coefficient (Wildman–Crippen LogP) is 2.22. The zero-order chi connectivity index (χ0) is 14.0. The number of nitriles is 1. The lowest BCUT2D eigenvalue weighted by atomic mass is 10.2. The fraction of sp³-hybridized carbons (Fsp3) is 0.538. The van der Waals surface area contributed by atoms with E-state index in [1.165, 1.54) is 11.3 Å². The van der Waals surface area contributed by atoms with Crippen molar-refractivity contribution in [1.82, 2.24) is 0 Å². The van der Waals surface area contributed by atoms with Gasteiger partial charge in [-0.3, -0.25) is 0 Å². The minimum atomic E-state index is -0.444. The van der Waals surface area contributed by atoms with Gasteiger partial charge in [-0.1, -0.05) is 6.92 Å². The number of esters is 1. The molecule has 1 aromatic rings. The van der Waals surface area contributed by atoms with Crippen molar-refractivity contribution in [2.45, 2.75) is 20.3 Å². The molecule has 0 bridgehead atoms. The number of thiophene rings is 1. The molecule has 0 saturated carbocycles. The van der Waals surface area contributed by atoms with E-state index < -0.39 is 5.97 Å². The van der Waals surface area contributed by atoms with Crippen molar-refractivity contribution in [2.75, 3.05) is 30.3 Å². The van der Waals surface area contributed by atoms with Gasteiger partial charge in [0.05, 0.1) is 12.3 Å². The molecule has 0 aliphatic carbocycles. The Morgan fingerprint density at radius 3 is 2.95 bits per heavy atom. The molecule has 1 saturated heterocycles. The van der Waals surface area contributed by atoms with E-state index in [-0.39, 0.29) is 5.69 Å². The van der Waals surface area contributed by atoms with E-state index in [0.717, 1.165) is 24.5 Å². The maximum Gasteiger partial charge on any atom is 0.350 e. The summed E-state index contributed by atoms with van der Waals surface area (Å²) in [5.74, 6) is 0.154. The lowest BCUT2D eigenvalue weighted by Gasteiger charge is -2.15. The zero-order valence-electron chi connectivity index (χ0n) is 11.1. The minimum absolute atomic E-state index is 0.250. The highest BCUT2D eigenvalue weighted by Crippen LogP contribution is 2.40. The van der Waals surface area contributed by atoms with Crippen molar-refractivity contribution >= 4 is 28.0 Å². The first kappa shape index (κ1) is 13.7. The summed E-state index contributed by atoms with van der Waals surface area (Å²) >= 11 is 1.26. The number of ether oxygens (including phenoxy) is 1. The van der Waals surface area contributed by atoms with Gasteiger partial charge in [0.15, 0.2) is 0 Å². The summed E-state index contributed by atoms with van der Waals surface area (Å²) in [7, 11) is 0. The largest absolute Gasteiger partial charge is 0.462 e. The summed E-state index contributed by atoms with van der Waals surface area (Å²) < 4.78 is 4.97. The topological polar surface area (TPSA) is 79.3 Å². The number of carbonyl (C=O) groups is 1. The number of hydrogen-bond donors (Lipinski definition) is 1. The van der Waals surface area contributed by atoms with Crippen molar-refractivity contribution in [3.8, 4) is 6.07 Å². The second kappa shape index (κ2) is 5.49. The summed E-state index contributed by atoms with van der Waals surface area (Å²) in [5.41, 5.74) is 6.56. The van der Waals surface area contributed by atoms with Crippen LogP contribution in [-0.2, 0) is 4.74 Å². The predicted molar refractivity (Wildman–Crippen MR) is 75.4 cm³/mol. The van der Waals surface area contributed by atoms with Gasteiger partial charge in [-0.15, -0.1) is 11.3 Å². The molecule has 0 amide bonds. The van der Waals surface area contributed by atoms with E-state index in [2.05, 4.69) is 17.9 Å². The lowest BCUT2D eigenvalue weighted by Crippen LogP contribution is -2.18. The van der Waals surface area contributed by atoms with Crippen LogP contribution in [0.2, 0.25) is 0 Å². The van der Waals surface area contributed by atoms with Crippen molar-refractivity contribution in [1.29, 1.82) is 5.26 Å². The molecule has 1 aliphatic rings. The third-order valence-electron chi connectivity index (χ3n) is 3.21. The summed E-state index contributed by atoms with van der Waals surface area (Å²) in [5, 5.41) is 10.0. The Morgan fingerprint density at radius 2 is 2.42 bits per heavy atom. The highest BCUT2D eigenvalue weighted by molar-refractivity contribution is 7.18. The van der Waals surface area contributed by atoms with Crippen molar-refractivity contribution in [2.24, 2.45) is 5.92 Å². The van der Waals surface area contributed by atoms with E-state index in [9.17, 15) is 10.1 Å². The Labute approximate surface area is 116 Å². The number of carbonyl (C=O) groups excluding carboxylic acids is 1. The van der Waals surface area contributed by atoms with Crippen molar-refractivity contribution in [3.63, 3.8) is 0 Å². The normalized spacial score (nSPS) is 18.4. The lowest BCUT2D eigenvalue weighted by molar-refractivity contribution is 0.0533. The molecule has 19 heavy (non-hydrogen) atoms. The van der Waals surface area contributed by atoms with Crippen LogP contribution in [0.3, 0.4) is 0 Å². The van der Waals surface area contributed by atoms with E-state index in [0.29, 0.717) is 23.0 Å². The van der Waals surface area contributed by atoms with Crippen LogP contribution in [0.15, 0.2) is 0 Å². The van der Waals surface area contributed by atoms with Crippen LogP contribution in [0.4, 0.5) is 10.7 Å². The van der Waals surface area contributed by atoms with E-state index in [1.54, 1.807) is 6.92 Å². The highest BCUT2D eigenvalue weighted by Gasteiger charge is 2.28. The van der Waals surface area contributed by atoms with Gasteiger partial charge in [-0.05, 0) is 19.3 Å². The van der Waals surface area contributed by atoms with Gasteiger partial charge in [-0.2, -0.15) is 5.26 Å². The Kier molecular flexibility index (Phi) is 3.96. The summed E-state index contributed by atoms with van der Waals surface area (Å²) in [4.78, 5) is 14.3. The molecule has 0 radical (unpaired) electrons. The number of rotatable bonds is 3. The molecule has 2 N–H and O–H groups in total. The first-order valence-corrected chi connectivity index (χ1v) is 7.14.